The van der Waals surface area contributed by atoms with Gasteiger partial charge in [-0.1, -0.05) is 12.2 Å². The van der Waals surface area contributed by atoms with Crippen molar-refractivity contribution in [2.45, 2.75) is 6.92 Å². The van der Waals surface area contributed by atoms with E-state index in [2.05, 4.69) is 10.3 Å². The molecule has 0 radical (unpaired) electrons. The minimum absolute atomic E-state index is 0.108. The Hall–Kier alpha value is -2.08. The monoisotopic (exact) mass is 279 g/mol. The topological polar surface area (TPSA) is 50.9 Å². The third-order valence-corrected chi connectivity index (χ3v) is 2.70. The Labute approximate surface area is 114 Å². The molecule has 0 amide bonds. The maximum Gasteiger partial charge on any atom is 0.149 e. The van der Waals surface area contributed by atoms with Crippen LogP contribution in [0.1, 0.15) is 11.3 Å². The molecule has 0 aliphatic heterocycles. The van der Waals surface area contributed by atoms with E-state index in [9.17, 15) is 8.78 Å². The molecule has 0 aliphatic carbocycles. The normalized spacial score (nSPS) is 10.3. The van der Waals surface area contributed by atoms with Gasteiger partial charge in [-0.25, -0.2) is 13.8 Å². The molecule has 1 aromatic carbocycles. The quantitative estimate of drug-likeness (QED) is 0.848. The van der Waals surface area contributed by atoms with Crippen molar-refractivity contribution in [2.75, 3.05) is 5.32 Å². The molecule has 0 unspecified atom stereocenters. The zero-order valence-corrected chi connectivity index (χ0v) is 10.9. The van der Waals surface area contributed by atoms with Crippen molar-refractivity contribution in [3.05, 3.63) is 53.2 Å². The molecule has 2 aromatic rings. The van der Waals surface area contributed by atoms with E-state index in [0.29, 0.717) is 11.4 Å². The maximum absolute atomic E-state index is 13.6. The highest BCUT2D eigenvalue weighted by atomic mass is 32.1. The number of anilines is 2. The summed E-state index contributed by atoms with van der Waals surface area (Å²) in [7, 11) is 0. The number of nitrogens with zero attached hydrogens (tertiary/aromatic N) is 1. The van der Waals surface area contributed by atoms with Gasteiger partial charge in [-0.2, -0.15) is 0 Å². The fourth-order valence-electron chi connectivity index (χ4n) is 1.57. The zero-order chi connectivity index (χ0) is 14.0. The molecule has 19 heavy (non-hydrogen) atoms. The van der Waals surface area contributed by atoms with Crippen LogP contribution in [0.25, 0.3) is 0 Å². The summed E-state index contributed by atoms with van der Waals surface area (Å²) in [4.78, 5) is 4.36. The van der Waals surface area contributed by atoms with Crippen LogP contribution in [0.2, 0.25) is 0 Å². The Morgan fingerprint density at radius 3 is 2.63 bits per heavy atom. The zero-order valence-electron chi connectivity index (χ0n) is 10.1. The van der Waals surface area contributed by atoms with E-state index in [1.165, 1.54) is 6.07 Å². The number of hydrogen-bond donors (Lipinski definition) is 2. The second-order valence-electron chi connectivity index (χ2n) is 3.96. The van der Waals surface area contributed by atoms with E-state index in [1.54, 1.807) is 19.1 Å². The predicted octanol–water partition coefficient (Wildman–Crippen LogP) is 3.05. The molecule has 0 saturated carbocycles. The summed E-state index contributed by atoms with van der Waals surface area (Å²) >= 11 is 4.91. The van der Waals surface area contributed by atoms with Crippen LogP contribution in [0.3, 0.4) is 0 Å². The van der Waals surface area contributed by atoms with Crippen molar-refractivity contribution >= 4 is 28.7 Å². The number of pyridine rings is 1. The molecule has 0 aliphatic rings. The van der Waals surface area contributed by atoms with Gasteiger partial charge in [0.25, 0.3) is 0 Å². The largest absolute Gasteiger partial charge is 0.389 e. The molecule has 3 nitrogen and oxygen atoms in total. The van der Waals surface area contributed by atoms with Crippen LogP contribution in [-0.4, -0.2) is 9.97 Å². The number of aryl methyl sites for hydroxylation is 1. The van der Waals surface area contributed by atoms with E-state index in [-0.39, 0.29) is 10.7 Å². The Morgan fingerprint density at radius 2 is 2.00 bits per heavy atom. The number of nitrogens with one attached hydrogen (secondary N) is 1. The van der Waals surface area contributed by atoms with E-state index in [1.807, 2.05) is 0 Å². The smallest absolute Gasteiger partial charge is 0.149 e. The summed E-state index contributed by atoms with van der Waals surface area (Å²) in [6.45, 7) is 1.79. The number of halogens is 2. The lowest BCUT2D eigenvalue weighted by Crippen LogP contribution is -2.13. The second-order valence-corrected chi connectivity index (χ2v) is 4.40. The lowest BCUT2D eigenvalue weighted by molar-refractivity contribution is 0.586. The van der Waals surface area contributed by atoms with Crippen molar-refractivity contribution in [2.24, 2.45) is 5.73 Å². The van der Waals surface area contributed by atoms with Gasteiger partial charge in [0.15, 0.2) is 0 Å². The summed E-state index contributed by atoms with van der Waals surface area (Å²) in [5.41, 5.74) is 6.92. The molecule has 0 spiro atoms. The van der Waals surface area contributed by atoms with E-state index in [4.69, 9.17) is 18.0 Å². The maximum atomic E-state index is 13.6. The van der Waals surface area contributed by atoms with Gasteiger partial charge in [0.2, 0.25) is 0 Å². The molecule has 1 aromatic heterocycles. The molecule has 98 valence electrons. The summed E-state index contributed by atoms with van der Waals surface area (Å²) in [6, 6.07) is 6.69. The van der Waals surface area contributed by atoms with Crippen LogP contribution in [0.4, 0.5) is 20.3 Å². The summed E-state index contributed by atoms with van der Waals surface area (Å²) in [6.07, 6.45) is 0. The van der Waals surface area contributed by atoms with Gasteiger partial charge >= 0.3 is 0 Å². The molecular formula is C13H11F2N3S. The van der Waals surface area contributed by atoms with Crippen LogP contribution >= 0.6 is 12.2 Å². The summed E-state index contributed by atoms with van der Waals surface area (Å²) in [5.74, 6) is -1.01. The van der Waals surface area contributed by atoms with Crippen molar-refractivity contribution < 1.29 is 8.78 Å². The van der Waals surface area contributed by atoms with Crippen molar-refractivity contribution in [1.29, 1.82) is 0 Å². The highest BCUT2D eigenvalue weighted by molar-refractivity contribution is 7.80. The highest BCUT2D eigenvalue weighted by Gasteiger charge is 2.10. The highest BCUT2D eigenvalue weighted by Crippen LogP contribution is 2.22. The molecule has 1 heterocycles. The number of rotatable bonds is 3. The molecule has 3 N–H and O–H groups in total. The van der Waals surface area contributed by atoms with E-state index < -0.39 is 11.6 Å². The van der Waals surface area contributed by atoms with Gasteiger partial charge in [0.05, 0.1) is 11.3 Å². The third-order valence-electron chi connectivity index (χ3n) is 2.48. The second kappa shape index (κ2) is 5.27. The average Bonchev–Trinajstić information content (AvgIpc) is 2.32. The Bertz CT molecular complexity index is 644. The van der Waals surface area contributed by atoms with Gasteiger partial charge in [0, 0.05) is 11.8 Å². The SMILES string of the molecule is Cc1ccc(C(N)=S)c(Nc2ccc(F)cc2F)n1. The van der Waals surface area contributed by atoms with Crippen molar-refractivity contribution in [3.8, 4) is 0 Å². The average molecular weight is 279 g/mol. The lowest BCUT2D eigenvalue weighted by Gasteiger charge is -2.11. The van der Waals surface area contributed by atoms with Gasteiger partial charge in [-0.3, -0.25) is 0 Å². The number of benzene rings is 1. The Kier molecular flexibility index (Phi) is 3.71. The summed E-state index contributed by atoms with van der Waals surface area (Å²) in [5, 5.41) is 2.77. The number of aromatic nitrogens is 1. The standard InChI is InChI=1S/C13H11F2N3S/c1-7-2-4-9(12(16)19)13(17-7)18-11-5-3-8(14)6-10(11)15/h2-6H,1H3,(H2,16,19)(H,17,18). The van der Waals surface area contributed by atoms with E-state index >= 15 is 0 Å². The number of thiocarbonyl (C=S) groups is 1. The van der Waals surface area contributed by atoms with Crippen LogP contribution in [-0.2, 0) is 0 Å². The predicted molar refractivity (Wildman–Crippen MR) is 74.5 cm³/mol. The molecule has 0 bridgehead atoms. The van der Waals surface area contributed by atoms with Gasteiger partial charge in [-0.05, 0) is 31.2 Å². The van der Waals surface area contributed by atoms with Gasteiger partial charge < -0.3 is 11.1 Å². The summed E-state index contributed by atoms with van der Waals surface area (Å²) < 4.78 is 26.4. The first-order valence-corrected chi connectivity index (χ1v) is 5.87. The minimum Gasteiger partial charge on any atom is -0.389 e. The lowest BCUT2D eigenvalue weighted by atomic mass is 10.2. The van der Waals surface area contributed by atoms with Gasteiger partial charge in [0.1, 0.15) is 22.4 Å². The first-order chi connectivity index (χ1) is 8.97. The van der Waals surface area contributed by atoms with Crippen LogP contribution in [0.5, 0.6) is 0 Å². The third kappa shape index (κ3) is 3.03. The first-order valence-electron chi connectivity index (χ1n) is 5.47. The van der Waals surface area contributed by atoms with Crippen molar-refractivity contribution in [3.63, 3.8) is 0 Å². The van der Waals surface area contributed by atoms with Crippen LogP contribution in [0.15, 0.2) is 30.3 Å². The number of hydrogen-bond acceptors (Lipinski definition) is 3. The Balaban J connectivity index is 2.42. The molecule has 0 fully saturated rings. The fraction of sp³-hybridized carbons (Fsp3) is 0.0769. The fourth-order valence-corrected chi connectivity index (χ4v) is 1.73. The van der Waals surface area contributed by atoms with Crippen LogP contribution < -0.4 is 11.1 Å². The first kappa shape index (κ1) is 13.4. The van der Waals surface area contributed by atoms with E-state index in [0.717, 1.165) is 17.8 Å². The van der Waals surface area contributed by atoms with Crippen LogP contribution in [0, 0.1) is 18.6 Å². The van der Waals surface area contributed by atoms with Crippen molar-refractivity contribution in [1.82, 2.24) is 4.98 Å². The molecule has 2 rings (SSSR count). The number of nitrogens with two attached hydrogens (primary N) is 1. The molecule has 0 saturated heterocycles. The minimum atomic E-state index is -0.711. The van der Waals surface area contributed by atoms with Gasteiger partial charge in [-0.15, -0.1) is 0 Å². The molecular weight excluding hydrogens is 268 g/mol. The molecule has 0 atom stereocenters. The molecule has 6 heteroatoms. The Morgan fingerprint density at radius 1 is 1.26 bits per heavy atom.